The number of rotatable bonds is 4. The highest BCUT2D eigenvalue weighted by Gasteiger charge is 2.13. The maximum atomic E-state index is 13.9. The summed E-state index contributed by atoms with van der Waals surface area (Å²) in [6.07, 6.45) is 0. The van der Waals surface area contributed by atoms with E-state index in [-0.39, 0.29) is 5.82 Å². The third-order valence-electron chi connectivity index (χ3n) is 3.01. The van der Waals surface area contributed by atoms with Gasteiger partial charge in [0.1, 0.15) is 5.82 Å². The Labute approximate surface area is 136 Å². The van der Waals surface area contributed by atoms with Gasteiger partial charge in [-0.15, -0.1) is 0 Å². The Morgan fingerprint density at radius 3 is 2.22 bits per heavy atom. The second-order valence-corrected chi connectivity index (χ2v) is 4.79. The molecule has 2 aromatic rings. The van der Waals surface area contributed by atoms with Gasteiger partial charge >= 0.3 is 0 Å². The summed E-state index contributed by atoms with van der Waals surface area (Å²) in [5.41, 5.74) is 5.26. The number of nitrogens with one attached hydrogen (secondary N) is 2. The number of hydrogen-bond donors (Lipinski definition) is 2. The van der Waals surface area contributed by atoms with Gasteiger partial charge in [0.25, 0.3) is 5.91 Å². The van der Waals surface area contributed by atoms with Crippen LogP contribution in [0.15, 0.2) is 36.4 Å². The van der Waals surface area contributed by atoms with Crippen LogP contribution in [-0.4, -0.2) is 13.0 Å². The Kier molecular flexibility index (Phi) is 7.22. The van der Waals surface area contributed by atoms with Gasteiger partial charge in [0.05, 0.1) is 24.0 Å². The standard InChI is InChI=1S/C16H17FN2O2.C2H6/c1-10-5-7-14(13(17)8-10)18-15-9-11(2)4-6-12(15)16(20)19-21-3;1-2/h4-9,18H,1-3H3,(H,19,20);1-2H3. The molecule has 0 fully saturated rings. The SMILES string of the molecule is CC.CONC(=O)c1ccc(C)cc1Nc1ccc(C)cc1F. The van der Waals surface area contributed by atoms with Gasteiger partial charge in [0, 0.05) is 0 Å². The van der Waals surface area contributed by atoms with Crippen molar-refractivity contribution in [3.05, 3.63) is 58.9 Å². The van der Waals surface area contributed by atoms with Crippen molar-refractivity contribution in [1.82, 2.24) is 5.48 Å². The van der Waals surface area contributed by atoms with Gasteiger partial charge in [-0.05, 0) is 49.2 Å². The molecule has 2 aromatic carbocycles. The van der Waals surface area contributed by atoms with E-state index in [9.17, 15) is 9.18 Å². The molecule has 0 atom stereocenters. The highest BCUT2D eigenvalue weighted by molar-refractivity contribution is 5.99. The summed E-state index contributed by atoms with van der Waals surface area (Å²) in [5, 5.41) is 2.96. The molecule has 0 bridgehead atoms. The molecular weight excluding hydrogens is 295 g/mol. The quantitative estimate of drug-likeness (QED) is 0.816. The molecule has 0 saturated heterocycles. The van der Waals surface area contributed by atoms with Crippen molar-refractivity contribution in [2.24, 2.45) is 0 Å². The monoisotopic (exact) mass is 318 g/mol. The molecule has 0 aromatic heterocycles. The minimum absolute atomic E-state index is 0.317. The van der Waals surface area contributed by atoms with E-state index in [4.69, 9.17) is 0 Å². The average molecular weight is 318 g/mol. The molecule has 0 aliphatic rings. The summed E-state index contributed by atoms with van der Waals surface area (Å²) in [5.74, 6) is -0.762. The lowest BCUT2D eigenvalue weighted by Gasteiger charge is -2.13. The molecule has 0 aliphatic heterocycles. The number of anilines is 2. The van der Waals surface area contributed by atoms with E-state index < -0.39 is 5.91 Å². The molecule has 2 rings (SSSR count). The van der Waals surface area contributed by atoms with E-state index in [1.807, 2.05) is 27.7 Å². The van der Waals surface area contributed by atoms with Gasteiger partial charge in [-0.1, -0.05) is 26.0 Å². The first-order valence-corrected chi connectivity index (χ1v) is 7.48. The van der Waals surface area contributed by atoms with Crippen molar-refractivity contribution in [1.29, 1.82) is 0 Å². The number of aryl methyl sites for hydroxylation is 2. The Bertz CT molecular complexity index is 672. The molecule has 0 aliphatic carbocycles. The first-order chi connectivity index (χ1) is 11.0. The van der Waals surface area contributed by atoms with Crippen LogP contribution in [0.5, 0.6) is 0 Å². The van der Waals surface area contributed by atoms with Crippen LogP contribution in [0.25, 0.3) is 0 Å². The van der Waals surface area contributed by atoms with E-state index in [0.29, 0.717) is 16.9 Å². The van der Waals surface area contributed by atoms with Gasteiger partial charge in [0.15, 0.2) is 0 Å². The van der Waals surface area contributed by atoms with Crippen LogP contribution in [0.4, 0.5) is 15.8 Å². The van der Waals surface area contributed by atoms with Crippen LogP contribution in [-0.2, 0) is 4.84 Å². The fraction of sp³-hybridized carbons (Fsp3) is 0.278. The maximum Gasteiger partial charge on any atom is 0.276 e. The predicted octanol–water partition coefficient (Wildman–Crippen LogP) is 4.50. The van der Waals surface area contributed by atoms with Crippen LogP contribution in [0, 0.1) is 19.7 Å². The number of carbonyl (C=O) groups is 1. The lowest BCUT2D eigenvalue weighted by atomic mass is 10.1. The van der Waals surface area contributed by atoms with Crippen molar-refractivity contribution in [2.45, 2.75) is 27.7 Å². The molecule has 0 saturated carbocycles. The number of carbonyl (C=O) groups excluding carboxylic acids is 1. The molecule has 4 nitrogen and oxygen atoms in total. The maximum absolute atomic E-state index is 13.9. The smallest absolute Gasteiger partial charge is 0.276 e. The summed E-state index contributed by atoms with van der Waals surface area (Å²) in [7, 11) is 1.36. The Balaban J connectivity index is 0.00000127. The normalized spacial score (nSPS) is 9.65. The van der Waals surface area contributed by atoms with Gasteiger partial charge in [-0.2, -0.15) is 0 Å². The lowest BCUT2D eigenvalue weighted by molar-refractivity contribution is 0.0538. The largest absolute Gasteiger partial charge is 0.352 e. The summed E-state index contributed by atoms with van der Waals surface area (Å²) in [6.45, 7) is 7.71. The minimum Gasteiger partial charge on any atom is -0.352 e. The summed E-state index contributed by atoms with van der Waals surface area (Å²) in [6, 6.07) is 10.1. The molecule has 0 unspecified atom stereocenters. The van der Waals surface area contributed by atoms with Crippen molar-refractivity contribution in [2.75, 3.05) is 12.4 Å². The van der Waals surface area contributed by atoms with E-state index in [2.05, 4.69) is 15.6 Å². The third kappa shape index (κ3) is 5.07. The molecule has 0 heterocycles. The Morgan fingerprint density at radius 2 is 1.61 bits per heavy atom. The first kappa shape index (κ1) is 18.6. The van der Waals surface area contributed by atoms with Crippen molar-refractivity contribution < 1.29 is 14.0 Å². The second-order valence-electron chi connectivity index (χ2n) is 4.79. The summed E-state index contributed by atoms with van der Waals surface area (Å²) >= 11 is 0. The predicted molar refractivity (Wildman–Crippen MR) is 91.4 cm³/mol. The number of amides is 1. The van der Waals surface area contributed by atoms with Crippen LogP contribution in [0.3, 0.4) is 0 Å². The Morgan fingerprint density at radius 1 is 1.00 bits per heavy atom. The topological polar surface area (TPSA) is 50.4 Å². The number of halogens is 1. The van der Waals surface area contributed by atoms with Gasteiger partial charge < -0.3 is 5.32 Å². The lowest BCUT2D eigenvalue weighted by Crippen LogP contribution is -2.22. The van der Waals surface area contributed by atoms with Gasteiger partial charge in [-0.25, -0.2) is 9.87 Å². The molecule has 23 heavy (non-hydrogen) atoms. The third-order valence-corrected chi connectivity index (χ3v) is 3.01. The average Bonchev–Trinajstić information content (AvgIpc) is 2.52. The number of hydrogen-bond acceptors (Lipinski definition) is 3. The zero-order valence-electron chi connectivity index (χ0n) is 14.2. The van der Waals surface area contributed by atoms with Crippen LogP contribution >= 0.6 is 0 Å². The highest BCUT2D eigenvalue weighted by Crippen LogP contribution is 2.25. The van der Waals surface area contributed by atoms with Gasteiger partial charge in [0.2, 0.25) is 0 Å². The van der Waals surface area contributed by atoms with E-state index in [0.717, 1.165) is 11.1 Å². The van der Waals surface area contributed by atoms with Gasteiger partial charge in [-0.3, -0.25) is 9.63 Å². The molecule has 0 spiro atoms. The zero-order chi connectivity index (χ0) is 17.4. The molecule has 5 heteroatoms. The molecule has 2 N–H and O–H groups in total. The number of benzene rings is 2. The van der Waals surface area contributed by atoms with Crippen molar-refractivity contribution >= 4 is 17.3 Å². The molecule has 1 amide bonds. The summed E-state index contributed by atoms with van der Waals surface area (Å²) in [4.78, 5) is 16.6. The van der Waals surface area contributed by atoms with Crippen LogP contribution in [0.2, 0.25) is 0 Å². The second kappa shape index (κ2) is 8.90. The fourth-order valence-corrected chi connectivity index (χ4v) is 1.97. The van der Waals surface area contributed by atoms with Crippen molar-refractivity contribution in [3.63, 3.8) is 0 Å². The molecular formula is C18H23FN2O2. The molecule has 124 valence electrons. The minimum atomic E-state index is -0.396. The molecule has 0 radical (unpaired) electrons. The zero-order valence-corrected chi connectivity index (χ0v) is 14.2. The number of hydroxylamine groups is 1. The summed E-state index contributed by atoms with van der Waals surface area (Å²) < 4.78 is 13.9. The van der Waals surface area contributed by atoms with E-state index >= 15 is 0 Å². The van der Waals surface area contributed by atoms with E-state index in [1.165, 1.54) is 13.2 Å². The van der Waals surface area contributed by atoms with E-state index in [1.54, 1.807) is 30.3 Å². The first-order valence-electron chi connectivity index (χ1n) is 7.48. The Hall–Kier alpha value is -2.40. The van der Waals surface area contributed by atoms with Crippen LogP contribution < -0.4 is 10.8 Å². The fourth-order valence-electron chi connectivity index (χ4n) is 1.97. The van der Waals surface area contributed by atoms with Crippen molar-refractivity contribution in [3.8, 4) is 0 Å². The van der Waals surface area contributed by atoms with Crippen LogP contribution in [0.1, 0.15) is 35.3 Å². The highest BCUT2D eigenvalue weighted by atomic mass is 19.1.